The Morgan fingerprint density at radius 1 is 1.09 bits per heavy atom. The zero-order valence-corrected chi connectivity index (χ0v) is 14.7. The molecule has 2 nitrogen and oxygen atoms in total. The van der Waals surface area contributed by atoms with E-state index in [0.717, 1.165) is 51.4 Å². The molecule has 0 radical (unpaired) electrons. The molecular weight excluding hydrogens is 272 g/mol. The predicted octanol–water partition coefficient (Wildman–Crippen LogP) is 4.31. The van der Waals surface area contributed by atoms with Gasteiger partial charge in [0.15, 0.2) is 0 Å². The Morgan fingerprint density at radius 2 is 1.82 bits per heavy atom. The highest BCUT2D eigenvalue weighted by molar-refractivity contribution is 5.16. The van der Waals surface area contributed by atoms with Crippen molar-refractivity contribution in [1.29, 1.82) is 0 Å². The normalized spacial score (nSPS) is 55.1. The van der Waals surface area contributed by atoms with Gasteiger partial charge in [0.1, 0.15) is 0 Å². The molecule has 2 N–H and O–H groups in total. The van der Waals surface area contributed by atoms with Crippen molar-refractivity contribution in [1.82, 2.24) is 0 Å². The van der Waals surface area contributed by atoms with E-state index in [0.29, 0.717) is 11.8 Å². The third-order valence-electron chi connectivity index (χ3n) is 8.17. The van der Waals surface area contributed by atoms with E-state index < -0.39 is 5.60 Å². The van der Waals surface area contributed by atoms with Crippen molar-refractivity contribution >= 4 is 0 Å². The lowest BCUT2D eigenvalue weighted by Gasteiger charge is -2.66. The van der Waals surface area contributed by atoms with Gasteiger partial charge in [-0.2, -0.15) is 0 Å². The molecule has 3 saturated carbocycles. The van der Waals surface area contributed by atoms with Crippen LogP contribution in [0.25, 0.3) is 0 Å². The maximum Gasteiger partial charge on any atom is 0.0732 e. The first kappa shape index (κ1) is 16.5. The minimum atomic E-state index is -0.546. The first-order valence-electron chi connectivity index (χ1n) is 9.20. The molecule has 0 heterocycles. The van der Waals surface area contributed by atoms with E-state index >= 15 is 0 Å². The number of hydrogen-bond acceptors (Lipinski definition) is 2. The molecule has 22 heavy (non-hydrogen) atoms. The molecule has 0 bridgehead atoms. The Bertz CT molecular complexity index is 461. The number of hydrogen-bond donors (Lipinski definition) is 2. The van der Waals surface area contributed by atoms with Crippen LogP contribution in [0.2, 0.25) is 0 Å². The molecule has 2 heteroatoms. The van der Waals surface area contributed by atoms with Crippen LogP contribution < -0.4 is 0 Å². The quantitative estimate of drug-likeness (QED) is 0.746. The number of allylic oxidation sites excluding steroid dienone is 1. The lowest BCUT2D eigenvalue weighted by molar-refractivity contribution is -0.239. The van der Waals surface area contributed by atoms with Gasteiger partial charge in [0.2, 0.25) is 0 Å². The standard InChI is InChI=1S/C20H34O2/c1-5-17(2)11-12-20(22)15(13-17)7-8-16-18(3,14-21)9-6-10-19(16,20)4/h5,15-16,21-22H,1,6-14H2,2-4H3/t15-,16-,17+,18+,19-,20-/m1/s1. The zero-order chi connectivity index (χ0) is 16.2. The SMILES string of the molecule is C=C[C@@]1(C)CC[C@@]2(O)[C@H](CC[C@@H]3[C@](C)(CO)CCC[C@]32C)C1. The van der Waals surface area contributed by atoms with Gasteiger partial charge in [-0.15, -0.1) is 6.58 Å². The fourth-order valence-corrected chi connectivity index (χ4v) is 6.51. The second-order valence-electron chi connectivity index (χ2n) is 9.40. The van der Waals surface area contributed by atoms with Gasteiger partial charge < -0.3 is 10.2 Å². The summed E-state index contributed by atoms with van der Waals surface area (Å²) < 4.78 is 0. The number of aliphatic hydroxyl groups is 2. The molecule has 0 amide bonds. The lowest BCUT2D eigenvalue weighted by atomic mass is 9.41. The van der Waals surface area contributed by atoms with E-state index in [1.165, 1.54) is 0 Å². The van der Waals surface area contributed by atoms with Crippen LogP contribution in [-0.4, -0.2) is 22.4 Å². The third-order valence-corrected chi connectivity index (χ3v) is 8.17. The summed E-state index contributed by atoms with van der Waals surface area (Å²) in [5, 5.41) is 21.8. The maximum absolute atomic E-state index is 11.8. The minimum Gasteiger partial charge on any atom is -0.396 e. The molecule has 0 saturated heterocycles. The third kappa shape index (κ3) is 2.06. The topological polar surface area (TPSA) is 40.5 Å². The van der Waals surface area contributed by atoms with Crippen LogP contribution in [0.5, 0.6) is 0 Å². The molecular formula is C20H34O2. The van der Waals surface area contributed by atoms with Gasteiger partial charge in [-0.25, -0.2) is 0 Å². The van der Waals surface area contributed by atoms with Gasteiger partial charge in [-0.1, -0.05) is 33.3 Å². The smallest absolute Gasteiger partial charge is 0.0732 e. The summed E-state index contributed by atoms with van der Waals surface area (Å²) in [6, 6.07) is 0. The molecule has 0 unspecified atom stereocenters. The first-order chi connectivity index (χ1) is 10.2. The monoisotopic (exact) mass is 306 g/mol. The molecule has 0 spiro atoms. The molecule has 6 atom stereocenters. The molecule has 0 aromatic rings. The summed E-state index contributed by atoms with van der Waals surface area (Å²) in [5.41, 5.74) is -0.397. The molecule has 3 rings (SSSR count). The van der Waals surface area contributed by atoms with Crippen LogP contribution in [0.4, 0.5) is 0 Å². The Kier molecular flexibility index (Phi) is 3.81. The molecule has 3 aliphatic carbocycles. The predicted molar refractivity (Wildman–Crippen MR) is 90.5 cm³/mol. The van der Waals surface area contributed by atoms with Gasteiger partial charge in [-0.3, -0.25) is 0 Å². The maximum atomic E-state index is 11.8. The average molecular weight is 306 g/mol. The largest absolute Gasteiger partial charge is 0.396 e. The van der Waals surface area contributed by atoms with Gasteiger partial charge in [0.05, 0.1) is 5.60 Å². The first-order valence-corrected chi connectivity index (χ1v) is 9.20. The lowest BCUT2D eigenvalue weighted by Crippen LogP contribution is -2.65. The number of aliphatic hydroxyl groups excluding tert-OH is 1. The highest BCUT2D eigenvalue weighted by Gasteiger charge is 2.64. The van der Waals surface area contributed by atoms with E-state index in [4.69, 9.17) is 0 Å². The highest BCUT2D eigenvalue weighted by atomic mass is 16.3. The van der Waals surface area contributed by atoms with Crippen molar-refractivity contribution in [2.45, 2.75) is 77.7 Å². The van der Waals surface area contributed by atoms with E-state index in [1.807, 2.05) is 0 Å². The Hall–Kier alpha value is -0.340. The van der Waals surface area contributed by atoms with E-state index in [-0.39, 0.29) is 22.9 Å². The van der Waals surface area contributed by atoms with Gasteiger partial charge in [0.25, 0.3) is 0 Å². The number of rotatable bonds is 2. The van der Waals surface area contributed by atoms with Crippen LogP contribution in [0, 0.1) is 28.1 Å². The van der Waals surface area contributed by atoms with Crippen molar-refractivity contribution in [3.8, 4) is 0 Å². The fraction of sp³-hybridized carbons (Fsp3) is 0.900. The van der Waals surface area contributed by atoms with Gasteiger partial charge >= 0.3 is 0 Å². The fourth-order valence-electron chi connectivity index (χ4n) is 6.51. The molecule has 0 aliphatic heterocycles. The summed E-state index contributed by atoms with van der Waals surface area (Å²) in [7, 11) is 0. The Balaban J connectivity index is 1.96. The van der Waals surface area contributed by atoms with E-state index in [1.54, 1.807) is 0 Å². The van der Waals surface area contributed by atoms with Crippen molar-refractivity contribution < 1.29 is 10.2 Å². The van der Waals surface area contributed by atoms with Crippen molar-refractivity contribution in [2.75, 3.05) is 6.61 Å². The second-order valence-corrected chi connectivity index (χ2v) is 9.40. The second kappa shape index (κ2) is 5.08. The van der Waals surface area contributed by atoms with Crippen LogP contribution in [0.15, 0.2) is 12.7 Å². The molecule has 3 aliphatic rings. The molecule has 0 aromatic carbocycles. The van der Waals surface area contributed by atoms with Crippen LogP contribution in [-0.2, 0) is 0 Å². The summed E-state index contributed by atoms with van der Waals surface area (Å²) in [6.45, 7) is 11.2. The average Bonchev–Trinajstić information content (AvgIpc) is 2.49. The molecule has 126 valence electrons. The van der Waals surface area contributed by atoms with Gasteiger partial charge in [0, 0.05) is 6.61 Å². The highest BCUT2D eigenvalue weighted by Crippen LogP contribution is 2.66. The summed E-state index contributed by atoms with van der Waals surface area (Å²) in [6.07, 6.45) is 10.8. The van der Waals surface area contributed by atoms with Crippen LogP contribution in [0.1, 0.15) is 72.1 Å². The molecule has 3 fully saturated rings. The Labute approximate surface area is 136 Å². The summed E-state index contributed by atoms with van der Waals surface area (Å²) >= 11 is 0. The number of fused-ring (bicyclic) bond motifs is 3. The van der Waals surface area contributed by atoms with Crippen LogP contribution >= 0.6 is 0 Å². The van der Waals surface area contributed by atoms with Crippen LogP contribution in [0.3, 0.4) is 0 Å². The van der Waals surface area contributed by atoms with E-state index in [2.05, 4.69) is 33.4 Å². The minimum absolute atomic E-state index is 0.00706. The van der Waals surface area contributed by atoms with Crippen molar-refractivity contribution in [3.05, 3.63) is 12.7 Å². The van der Waals surface area contributed by atoms with Crippen molar-refractivity contribution in [2.24, 2.45) is 28.1 Å². The zero-order valence-electron chi connectivity index (χ0n) is 14.7. The van der Waals surface area contributed by atoms with Crippen molar-refractivity contribution in [3.63, 3.8) is 0 Å². The summed E-state index contributed by atoms with van der Waals surface area (Å²) in [5.74, 6) is 0.847. The Morgan fingerprint density at radius 3 is 2.45 bits per heavy atom. The van der Waals surface area contributed by atoms with Gasteiger partial charge in [-0.05, 0) is 73.0 Å². The van der Waals surface area contributed by atoms with E-state index in [9.17, 15) is 10.2 Å². The molecule has 0 aromatic heterocycles. The summed E-state index contributed by atoms with van der Waals surface area (Å²) in [4.78, 5) is 0.